The van der Waals surface area contributed by atoms with Gasteiger partial charge in [0.2, 0.25) is 0 Å². The second-order valence-corrected chi connectivity index (χ2v) is 8.09. The zero-order valence-corrected chi connectivity index (χ0v) is 19.8. The predicted molar refractivity (Wildman–Crippen MR) is 143 cm³/mol. The number of non-ortho nitro benzene ring substituents is 1. The van der Waals surface area contributed by atoms with E-state index in [2.05, 4.69) is 20.6 Å². The van der Waals surface area contributed by atoms with Crippen molar-refractivity contribution in [2.45, 2.75) is 0 Å². The number of pyridine rings is 1. The van der Waals surface area contributed by atoms with Gasteiger partial charge in [0.25, 0.3) is 5.69 Å². The van der Waals surface area contributed by atoms with E-state index in [-0.39, 0.29) is 16.9 Å². The number of nitrogens with zero attached hydrogens (tertiary/aromatic N) is 5. The molecule has 2 N–H and O–H groups in total. The standard InChI is InChI=1S/C28H20N6O4/c35-28(36)26-24(25(19-10-3-1-4-11-19)31-30-23-16-7-8-17-29-23)27(20-12-5-2-6-13-20)33(32-26)21-14-9-15-22(18-21)34(37)38/h1-18H,(H,29,30)(H,35,36)/b31-25+. The summed E-state index contributed by atoms with van der Waals surface area (Å²) in [4.78, 5) is 27.8. The molecule has 2 heterocycles. The number of aromatic carboxylic acids is 1. The van der Waals surface area contributed by atoms with Gasteiger partial charge in [-0.15, -0.1) is 0 Å². The minimum Gasteiger partial charge on any atom is -0.476 e. The van der Waals surface area contributed by atoms with Gasteiger partial charge in [-0.3, -0.25) is 15.5 Å². The third kappa shape index (κ3) is 4.86. The number of aromatic nitrogens is 3. The summed E-state index contributed by atoms with van der Waals surface area (Å²) < 4.78 is 1.40. The van der Waals surface area contributed by atoms with Crippen molar-refractivity contribution in [3.05, 3.63) is 136 Å². The number of nitro benzene ring substituents is 1. The van der Waals surface area contributed by atoms with Gasteiger partial charge >= 0.3 is 5.97 Å². The molecule has 0 aliphatic carbocycles. The molecule has 0 aliphatic heterocycles. The van der Waals surface area contributed by atoms with Crippen LogP contribution in [-0.4, -0.2) is 36.5 Å². The molecule has 0 bridgehead atoms. The fourth-order valence-corrected chi connectivity index (χ4v) is 3.98. The van der Waals surface area contributed by atoms with Crippen LogP contribution in [0.25, 0.3) is 16.9 Å². The van der Waals surface area contributed by atoms with E-state index in [4.69, 9.17) is 0 Å². The van der Waals surface area contributed by atoms with E-state index in [9.17, 15) is 20.0 Å². The number of carboxylic acids is 1. The van der Waals surface area contributed by atoms with Crippen LogP contribution in [0.4, 0.5) is 11.5 Å². The summed E-state index contributed by atoms with van der Waals surface area (Å²) in [7, 11) is 0. The Morgan fingerprint density at radius 3 is 2.29 bits per heavy atom. The van der Waals surface area contributed by atoms with E-state index in [1.807, 2.05) is 60.7 Å². The smallest absolute Gasteiger partial charge is 0.357 e. The number of carbonyl (C=O) groups is 1. The van der Waals surface area contributed by atoms with Gasteiger partial charge in [-0.05, 0) is 18.2 Å². The summed E-state index contributed by atoms with van der Waals surface area (Å²) in [5.74, 6) is -0.812. The molecule has 38 heavy (non-hydrogen) atoms. The van der Waals surface area contributed by atoms with Crippen LogP contribution in [0, 0.1) is 10.1 Å². The highest BCUT2D eigenvalue weighted by molar-refractivity contribution is 6.20. The lowest BCUT2D eigenvalue weighted by Gasteiger charge is -2.13. The Labute approximate surface area is 216 Å². The zero-order valence-electron chi connectivity index (χ0n) is 19.8. The maximum absolute atomic E-state index is 12.6. The van der Waals surface area contributed by atoms with E-state index in [0.717, 1.165) is 0 Å². The molecule has 0 spiro atoms. The highest BCUT2D eigenvalue weighted by Crippen LogP contribution is 2.32. The van der Waals surface area contributed by atoms with Gasteiger partial charge in [-0.1, -0.05) is 72.8 Å². The second-order valence-electron chi connectivity index (χ2n) is 8.09. The van der Waals surface area contributed by atoms with Crippen LogP contribution in [-0.2, 0) is 0 Å². The monoisotopic (exact) mass is 504 g/mol. The van der Waals surface area contributed by atoms with Gasteiger partial charge in [0.05, 0.1) is 21.9 Å². The number of nitro groups is 1. The Morgan fingerprint density at radius 2 is 1.63 bits per heavy atom. The lowest BCUT2D eigenvalue weighted by molar-refractivity contribution is -0.384. The molecule has 0 atom stereocenters. The number of hydrogen-bond acceptors (Lipinski definition) is 7. The van der Waals surface area contributed by atoms with Crippen molar-refractivity contribution in [1.82, 2.24) is 14.8 Å². The highest BCUT2D eigenvalue weighted by atomic mass is 16.6. The van der Waals surface area contributed by atoms with Gasteiger partial charge in [0.1, 0.15) is 11.5 Å². The molecule has 10 nitrogen and oxygen atoms in total. The predicted octanol–water partition coefficient (Wildman–Crippen LogP) is 5.41. The third-order valence-electron chi connectivity index (χ3n) is 5.65. The topological polar surface area (TPSA) is 136 Å². The van der Waals surface area contributed by atoms with Crippen LogP contribution >= 0.6 is 0 Å². The summed E-state index contributed by atoms with van der Waals surface area (Å²) in [5.41, 5.74) is 5.08. The summed E-state index contributed by atoms with van der Waals surface area (Å²) in [5, 5.41) is 30.8. The minimum atomic E-state index is -1.28. The molecule has 0 fully saturated rings. The van der Waals surface area contributed by atoms with Crippen LogP contribution in [0.3, 0.4) is 0 Å². The van der Waals surface area contributed by atoms with Crippen LogP contribution in [0.5, 0.6) is 0 Å². The van der Waals surface area contributed by atoms with Crippen molar-refractivity contribution in [3.8, 4) is 16.9 Å². The molecule has 0 radical (unpaired) electrons. The van der Waals surface area contributed by atoms with Crippen molar-refractivity contribution in [2.75, 3.05) is 5.43 Å². The first kappa shape index (κ1) is 24.1. The fraction of sp³-hybridized carbons (Fsp3) is 0. The number of hydrogen-bond donors (Lipinski definition) is 2. The van der Waals surface area contributed by atoms with Crippen LogP contribution < -0.4 is 5.43 Å². The Kier molecular flexibility index (Phi) is 6.68. The van der Waals surface area contributed by atoms with Crippen molar-refractivity contribution in [2.24, 2.45) is 5.10 Å². The van der Waals surface area contributed by atoms with E-state index in [1.165, 1.54) is 22.9 Å². The van der Waals surface area contributed by atoms with E-state index in [0.29, 0.717) is 34.0 Å². The Hall–Kier alpha value is -5.64. The highest BCUT2D eigenvalue weighted by Gasteiger charge is 2.29. The van der Waals surface area contributed by atoms with Gasteiger partial charge in [0, 0.05) is 29.5 Å². The molecule has 5 aromatic rings. The molecule has 186 valence electrons. The van der Waals surface area contributed by atoms with Crippen LogP contribution in [0.1, 0.15) is 21.6 Å². The molecule has 0 unspecified atom stereocenters. The molecule has 0 saturated heterocycles. The summed E-state index contributed by atoms with van der Waals surface area (Å²) >= 11 is 0. The first-order valence-electron chi connectivity index (χ1n) is 11.5. The first-order valence-corrected chi connectivity index (χ1v) is 11.5. The maximum atomic E-state index is 12.6. The van der Waals surface area contributed by atoms with E-state index < -0.39 is 10.9 Å². The van der Waals surface area contributed by atoms with Crippen molar-refractivity contribution < 1.29 is 14.8 Å². The first-order chi connectivity index (χ1) is 18.5. The summed E-state index contributed by atoms with van der Waals surface area (Å²) in [6.45, 7) is 0. The number of anilines is 1. The van der Waals surface area contributed by atoms with Gasteiger partial charge < -0.3 is 5.11 Å². The number of nitrogens with one attached hydrogen (secondary N) is 1. The average Bonchev–Trinajstić information content (AvgIpc) is 3.36. The number of hydrazone groups is 1. The second kappa shape index (κ2) is 10.5. The van der Waals surface area contributed by atoms with Crippen LogP contribution in [0.15, 0.2) is 114 Å². The molecular formula is C28H20N6O4. The average molecular weight is 505 g/mol. The quantitative estimate of drug-likeness (QED) is 0.164. The third-order valence-corrected chi connectivity index (χ3v) is 5.65. The van der Waals surface area contributed by atoms with Gasteiger partial charge in [0.15, 0.2) is 5.69 Å². The molecular weight excluding hydrogens is 484 g/mol. The molecule has 5 rings (SSSR count). The minimum absolute atomic E-state index is 0.149. The molecule has 10 heteroatoms. The normalized spacial score (nSPS) is 11.2. The zero-order chi connectivity index (χ0) is 26.5. The molecule has 0 saturated carbocycles. The van der Waals surface area contributed by atoms with Crippen molar-refractivity contribution >= 4 is 23.2 Å². The molecule has 0 aliphatic rings. The Balaban J connectivity index is 1.83. The molecule has 3 aromatic carbocycles. The largest absolute Gasteiger partial charge is 0.476 e. The van der Waals surface area contributed by atoms with E-state index in [1.54, 1.807) is 30.5 Å². The lowest BCUT2D eigenvalue weighted by Crippen LogP contribution is -2.13. The summed E-state index contributed by atoms with van der Waals surface area (Å²) in [6, 6.07) is 29.4. The maximum Gasteiger partial charge on any atom is 0.357 e. The fourth-order valence-electron chi connectivity index (χ4n) is 3.98. The van der Waals surface area contributed by atoms with Gasteiger partial charge in [-0.25, -0.2) is 14.5 Å². The number of benzene rings is 3. The SMILES string of the molecule is O=C(O)c1nn(-c2cccc([N+](=O)[O-])c2)c(-c2ccccc2)c1/C(=N/Nc1ccccn1)c1ccccc1. The number of carboxylic acid groups (broad SMARTS) is 1. The van der Waals surface area contributed by atoms with Gasteiger partial charge in [-0.2, -0.15) is 10.2 Å². The summed E-state index contributed by atoms with van der Waals surface area (Å²) in [6.07, 6.45) is 1.61. The van der Waals surface area contributed by atoms with Crippen molar-refractivity contribution in [1.29, 1.82) is 0 Å². The Bertz CT molecular complexity index is 1630. The Morgan fingerprint density at radius 1 is 0.921 bits per heavy atom. The van der Waals surface area contributed by atoms with Crippen molar-refractivity contribution in [3.63, 3.8) is 0 Å². The lowest BCUT2D eigenvalue weighted by atomic mass is 9.96. The van der Waals surface area contributed by atoms with E-state index >= 15 is 0 Å². The van der Waals surface area contributed by atoms with Crippen LogP contribution in [0.2, 0.25) is 0 Å². The molecule has 0 amide bonds. The number of rotatable bonds is 8. The molecule has 2 aromatic heterocycles.